The van der Waals surface area contributed by atoms with E-state index in [9.17, 15) is 0 Å². The zero-order valence-corrected chi connectivity index (χ0v) is 8.58. The Balaban J connectivity index is 3.25. The van der Waals surface area contributed by atoms with Crippen molar-refractivity contribution in [2.45, 2.75) is 33.0 Å². The van der Waals surface area contributed by atoms with Gasteiger partial charge in [0.1, 0.15) is 0 Å². The molecule has 0 bridgehead atoms. The lowest BCUT2D eigenvalue weighted by Crippen LogP contribution is -2.30. The zero-order valence-electron chi connectivity index (χ0n) is 8.58. The number of likely N-dealkylation sites (N-methyl/N-ethyl adjacent to an activating group) is 1. The van der Waals surface area contributed by atoms with Crippen molar-refractivity contribution in [3.05, 3.63) is 0 Å². The summed E-state index contributed by atoms with van der Waals surface area (Å²) in [6.07, 6.45) is 0.0407. The lowest BCUT2D eigenvalue weighted by molar-refractivity contribution is 0.0544. The molecule has 0 aliphatic carbocycles. The summed E-state index contributed by atoms with van der Waals surface area (Å²) in [5.74, 6) is 0. The average molecular weight is 175 g/mol. The molecular weight excluding hydrogens is 154 g/mol. The minimum atomic E-state index is -0.256. The van der Waals surface area contributed by atoms with Crippen LogP contribution in [0.3, 0.4) is 0 Å². The Kier molecular flexibility index (Phi) is 6.34. The predicted molar refractivity (Wildman–Crippen MR) is 50.3 cm³/mol. The Bertz CT molecular complexity index is 105. The number of aliphatic hydroxyl groups is 1. The maximum Gasteiger partial charge on any atom is 0.0638 e. The van der Waals surface area contributed by atoms with E-state index in [1.807, 2.05) is 20.9 Å². The summed E-state index contributed by atoms with van der Waals surface area (Å²) in [6, 6.07) is 0. The summed E-state index contributed by atoms with van der Waals surface area (Å²) in [5, 5.41) is 9.05. The van der Waals surface area contributed by atoms with E-state index in [-0.39, 0.29) is 6.10 Å². The number of hydrogen-bond acceptors (Lipinski definition) is 3. The van der Waals surface area contributed by atoms with Crippen LogP contribution in [0.2, 0.25) is 0 Å². The summed E-state index contributed by atoms with van der Waals surface area (Å²) in [5.41, 5.74) is 0. The molecule has 1 N–H and O–H groups in total. The quantitative estimate of drug-likeness (QED) is 0.646. The standard InChI is InChI=1S/C9H21NO2/c1-8(2)12-6-5-10(4)7-9(3)11/h8-9,11H,5-7H2,1-4H3/t9-/m0/s1. The van der Waals surface area contributed by atoms with Gasteiger partial charge in [0.15, 0.2) is 0 Å². The fourth-order valence-electron chi connectivity index (χ4n) is 0.987. The van der Waals surface area contributed by atoms with Crippen LogP contribution >= 0.6 is 0 Å². The molecule has 0 saturated heterocycles. The average Bonchev–Trinajstić information content (AvgIpc) is 1.84. The molecule has 0 aliphatic rings. The van der Waals surface area contributed by atoms with Crippen LogP contribution in [0, 0.1) is 0 Å². The maximum absolute atomic E-state index is 9.05. The van der Waals surface area contributed by atoms with Crippen molar-refractivity contribution in [3.63, 3.8) is 0 Å². The Morgan fingerprint density at radius 1 is 1.33 bits per heavy atom. The van der Waals surface area contributed by atoms with Gasteiger partial charge in [0.05, 0.1) is 18.8 Å². The minimum Gasteiger partial charge on any atom is -0.392 e. The van der Waals surface area contributed by atoms with Crippen molar-refractivity contribution in [2.24, 2.45) is 0 Å². The van der Waals surface area contributed by atoms with Crippen LogP contribution in [0.4, 0.5) is 0 Å². The first-order valence-corrected chi connectivity index (χ1v) is 4.50. The molecule has 0 aromatic carbocycles. The second-order valence-electron chi connectivity index (χ2n) is 3.53. The van der Waals surface area contributed by atoms with Crippen molar-refractivity contribution in [1.29, 1.82) is 0 Å². The van der Waals surface area contributed by atoms with Crippen LogP contribution in [0.25, 0.3) is 0 Å². The molecule has 3 nitrogen and oxygen atoms in total. The highest BCUT2D eigenvalue weighted by Crippen LogP contribution is 1.91. The fourth-order valence-corrected chi connectivity index (χ4v) is 0.987. The SMILES string of the molecule is CC(C)OCCN(C)C[C@H](C)O. The summed E-state index contributed by atoms with van der Waals surface area (Å²) in [7, 11) is 1.98. The molecule has 0 amide bonds. The Hall–Kier alpha value is -0.120. The highest BCUT2D eigenvalue weighted by Gasteiger charge is 2.02. The smallest absolute Gasteiger partial charge is 0.0638 e. The molecule has 12 heavy (non-hydrogen) atoms. The maximum atomic E-state index is 9.05. The van der Waals surface area contributed by atoms with Crippen molar-refractivity contribution >= 4 is 0 Å². The van der Waals surface area contributed by atoms with Crippen LogP contribution in [0.1, 0.15) is 20.8 Å². The summed E-state index contributed by atoms with van der Waals surface area (Å²) >= 11 is 0. The third-order valence-corrected chi connectivity index (χ3v) is 1.50. The van der Waals surface area contributed by atoms with Gasteiger partial charge in [-0.2, -0.15) is 0 Å². The Labute approximate surface area is 75.3 Å². The topological polar surface area (TPSA) is 32.7 Å². The summed E-state index contributed by atoms with van der Waals surface area (Å²) in [6.45, 7) is 8.16. The van der Waals surface area contributed by atoms with Gasteiger partial charge in [-0.05, 0) is 27.8 Å². The first kappa shape index (κ1) is 11.9. The number of hydrogen-bond donors (Lipinski definition) is 1. The van der Waals surface area contributed by atoms with Gasteiger partial charge >= 0.3 is 0 Å². The first-order valence-electron chi connectivity index (χ1n) is 4.50. The van der Waals surface area contributed by atoms with Crippen molar-refractivity contribution in [3.8, 4) is 0 Å². The van der Waals surface area contributed by atoms with Gasteiger partial charge in [-0.25, -0.2) is 0 Å². The number of nitrogens with zero attached hydrogens (tertiary/aromatic N) is 1. The zero-order chi connectivity index (χ0) is 9.56. The molecule has 0 unspecified atom stereocenters. The van der Waals surface area contributed by atoms with Crippen LogP contribution in [-0.2, 0) is 4.74 Å². The number of aliphatic hydroxyl groups excluding tert-OH is 1. The molecule has 0 heterocycles. The lowest BCUT2D eigenvalue weighted by atomic mass is 10.4. The first-order chi connectivity index (χ1) is 5.52. The molecule has 0 fully saturated rings. The van der Waals surface area contributed by atoms with Gasteiger partial charge < -0.3 is 14.7 Å². The molecule has 0 aliphatic heterocycles. The van der Waals surface area contributed by atoms with Gasteiger partial charge in [0.2, 0.25) is 0 Å². The van der Waals surface area contributed by atoms with Gasteiger partial charge in [0.25, 0.3) is 0 Å². The Morgan fingerprint density at radius 2 is 1.92 bits per heavy atom. The molecule has 0 aromatic rings. The molecule has 0 rings (SSSR count). The van der Waals surface area contributed by atoms with Crippen molar-refractivity contribution < 1.29 is 9.84 Å². The molecule has 0 saturated carbocycles. The van der Waals surface area contributed by atoms with E-state index in [2.05, 4.69) is 4.90 Å². The molecule has 74 valence electrons. The van der Waals surface area contributed by atoms with Gasteiger partial charge in [-0.3, -0.25) is 0 Å². The van der Waals surface area contributed by atoms with E-state index in [0.29, 0.717) is 12.6 Å². The lowest BCUT2D eigenvalue weighted by Gasteiger charge is -2.18. The van der Waals surface area contributed by atoms with E-state index in [4.69, 9.17) is 9.84 Å². The minimum absolute atomic E-state index is 0.256. The van der Waals surface area contributed by atoms with E-state index in [1.165, 1.54) is 0 Å². The van der Waals surface area contributed by atoms with E-state index in [1.54, 1.807) is 6.92 Å². The molecule has 0 spiro atoms. The fraction of sp³-hybridized carbons (Fsp3) is 1.00. The second kappa shape index (κ2) is 6.40. The van der Waals surface area contributed by atoms with Crippen LogP contribution < -0.4 is 0 Å². The van der Waals surface area contributed by atoms with Crippen molar-refractivity contribution in [1.82, 2.24) is 4.90 Å². The van der Waals surface area contributed by atoms with Crippen LogP contribution in [-0.4, -0.2) is 49.0 Å². The van der Waals surface area contributed by atoms with E-state index in [0.717, 1.165) is 13.2 Å². The van der Waals surface area contributed by atoms with Crippen molar-refractivity contribution in [2.75, 3.05) is 26.7 Å². The van der Waals surface area contributed by atoms with Gasteiger partial charge in [-0.15, -0.1) is 0 Å². The highest BCUT2D eigenvalue weighted by molar-refractivity contribution is 4.55. The van der Waals surface area contributed by atoms with E-state index < -0.39 is 0 Å². The monoisotopic (exact) mass is 175 g/mol. The van der Waals surface area contributed by atoms with Gasteiger partial charge in [-0.1, -0.05) is 0 Å². The molecule has 1 atom stereocenters. The normalized spacial score (nSPS) is 14.2. The molecule has 0 radical (unpaired) electrons. The molecular formula is C9H21NO2. The second-order valence-corrected chi connectivity index (χ2v) is 3.53. The Morgan fingerprint density at radius 3 is 2.33 bits per heavy atom. The van der Waals surface area contributed by atoms with Gasteiger partial charge in [0, 0.05) is 13.1 Å². The number of rotatable bonds is 6. The summed E-state index contributed by atoms with van der Waals surface area (Å²) < 4.78 is 5.37. The largest absolute Gasteiger partial charge is 0.392 e. The highest BCUT2D eigenvalue weighted by atomic mass is 16.5. The summed E-state index contributed by atoms with van der Waals surface area (Å²) in [4.78, 5) is 2.06. The third kappa shape index (κ3) is 7.98. The van der Waals surface area contributed by atoms with Crippen LogP contribution in [0.5, 0.6) is 0 Å². The third-order valence-electron chi connectivity index (χ3n) is 1.50. The number of ether oxygens (including phenoxy) is 1. The molecule has 3 heteroatoms. The van der Waals surface area contributed by atoms with Crippen LogP contribution in [0.15, 0.2) is 0 Å². The predicted octanol–water partition coefficient (Wildman–Crippen LogP) is 0.724. The van der Waals surface area contributed by atoms with E-state index >= 15 is 0 Å². The molecule has 0 aromatic heterocycles.